The van der Waals surface area contributed by atoms with Crippen LogP contribution in [0.3, 0.4) is 0 Å². The number of carbonyl (C=O) groups is 2. The van der Waals surface area contributed by atoms with E-state index in [1.165, 1.54) is 0 Å². The van der Waals surface area contributed by atoms with Crippen LogP contribution in [-0.4, -0.2) is 59.0 Å². The first-order valence-electron chi connectivity index (χ1n) is 11.7. The van der Waals surface area contributed by atoms with Gasteiger partial charge < -0.3 is 19.1 Å². The van der Waals surface area contributed by atoms with E-state index in [-0.39, 0.29) is 12.5 Å². The summed E-state index contributed by atoms with van der Waals surface area (Å²) in [5, 5.41) is 9.59. The Labute approximate surface area is 203 Å². The number of H-pyrrole nitrogens is 1. The Hall–Kier alpha value is -3.85. The molecule has 0 spiro atoms. The maximum atomic E-state index is 13.2. The molecule has 2 amide bonds. The zero-order valence-corrected chi connectivity index (χ0v) is 19.6. The lowest BCUT2D eigenvalue weighted by atomic mass is 10.1. The summed E-state index contributed by atoms with van der Waals surface area (Å²) in [6.45, 7) is 4.29. The van der Waals surface area contributed by atoms with E-state index in [2.05, 4.69) is 15.5 Å². The molecular formula is C26H28N4O5. The number of anilines is 1. The van der Waals surface area contributed by atoms with Crippen LogP contribution in [0, 0.1) is 6.92 Å². The Morgan fingerprint density at radius 2 is 1.97 bits per heavy atom. The van der Waals surface area contributed by atoms with Gasteiger partial charge >= 0.3 is 6.09 Å². The van der Waals surface area contributed by atoms with Crippen molar-refractivity contribution in [1.29, 1.82) is 0 Å². The van der Waals surface area contributed by atoms with Crippen molar-refractivity contribution in [2.75, 3.05) is 31.6 Å². The second kappa shape index (κ2) is 9.79. The third kappa shape index (κ3) is 5.30. The molecule has 2 heterocycles. The Bertz CT molecular complexity index is 1200. The lowest BCUT2D eigenvalue weighted by molar-refractivity contribution is -0.144. The fourth-order valence-electron chi connectivity index (χ4n) is 4.13. The number of aryl methyl sites for hydroxylation is 1. The number of carbonyl (C=O) groups excluding carboxylic acids is 2. The number of amides is 2. The second-order valence-electron chi connectivity index (χ2n) is 8.89. The average Bonchev–Trinajstić information content (AvgIpc) is 3.44. The number of ether oxygens (including phenoxy) is 3. The minimum absolute atomic E-state index is 0.0394. The number of nitrogens with one attached hydrogen (secondary N) is 2. The van der Waals surface area contributed by atoms with Crippen LogP contribution >= 0.6 is 0 Å². The lowest BCUT2D eigenvalue weighted by Crippen LogP contribution is -2.48. The number of aromatic nitrogens is 2. The van der Waals surface area contributed by atoms with Gasteiger partial charge in [0.15, 0.2) is 5.60 Å². The SMILES string of the molecule is Cc1cccc(COC(=O)Nc2ccc(-c3cn[nH]c3)cc2OC2(C(=O)N3CCOCC3)CC2)c1. The molecule has 2 N–H and O–H groups in total. The summed E-state index contributed by atoms with van der Waals surface area (Å²) in [5.41, 5.74) is 3.23. The van der Waals surface area contributed by atoms with Gasteiger partial charge in [-0.15, -0.1) is 0 Å². The maximum absolute atomic E-state index is 13.2. The first-order chi connectivity index (χ1) is 17.0. The van der Waals surface area contributed by atoms with E-state index >= 15 is 0 Å². The van der Waals surface area contributed by atoms with Crippen molar-refractivity contribution in [3.05, 3.63) is 66.0 Å². The van der Waals surface area contributed by atoms with Crippen LogP contribution in [0.25, 0.3) is 11.1 Å². The van der Waals surface area contributed by atoms with Gasteiger partial charge in [-0.25, -0.2) is 4.79 Å². The van der Waals surface area contributed by atoms with Gasteiger partial charge in [0.05, 0.1) is 25.1 Å². The zero-order chi connectivity index (χ0) is 24.3. The summed E-state index contributed by atoms with van der Waals surface area (Å²) in [4.78, 5) is 27.6. The van der Waals surface area contributed by atoms with E-state index in [1.54, 1.807) is 23.4 Å². The molecular weight excluding hydrogens is 448 g/mol. The van der Waals surface area contributed by atoms with Crippen LogP contribution in [0.15, 0.2) is 54.9 Å². The summed E-state index contributed by atoms with van der Waals surface area (Å²) in [5.74, 6) is 0.373. The fraction of sp³-hybridized carbons (Fsp3) is 0.346. The molecule has 9 heteroatoms. The van der Waals surface area contributed by atoms with E-state index in [0.29, 0.717) is 50.6 Å². The number of benzene rings is 2. The molecule has 0 unspecified atom stereocenters. The molecule has 0 atom stereocenters. The third-order valence-corrected chi connectivity index (χ3v) is 6.20. The maximum Gasteiger partial charge on any atom is 0.412 e. The molecule has 0 bridgehead atoms. The molecule has 1 aliphatic heterocycles. The van der Waals surface area contributed by atoms with E-state index in [4.69, 9.17) is 14.2 Å². The van der Waals surface area contributed by atoms with Gasteiger partial charge in [-0.3, -0.25) is 15.2 Å². The van der Waals surface area contributed by atoms with Crippen molar-refractivity contribution >= 4 is 17.7 Å². The van der Waals surface area contributed by atoms with Crippen molar-refractivity contribution in [2.45, 2.75) is 32.0 Å². The van der Waals surface area contributed by atoms with Crippen molar-refractivity contribution < 1.29 is 23.8 Å². The summed E-state index contributed by atoms with van der Waals surface area (Å²) in [7, 11) is 0. The highest BCUT2D eigenvalue weighted by atomic mass is 16.5. The van der Waals surface area contributed by atoms with Gasteiger partial charge in [-0.2, -0.15) is 5.10 Å². The molecule has 1 saturated carbocycles. The summed E-state index contributed by atoms with van der Waals surface area (Å²) < 4.78 is 17.1. The van der Waals surface area contributed by atoms with Crippen LogP contribution in [0.1, 0.15) is 24.0 Å². The Balaban J connectivity index is 1.34. The van der Waals surface area contributed by atoms with Crippen LogP contribution in [0.5, 0.6) is 5.75 Å². The molecule has 9 nitrogen and oxygen atoms in total. The van der Waals surface area contributed by atoms with Gasteiger partial charge in [0.1, 0.15) is 12.4 Å². The van der Waals surface area contributed by atoms with Crippen LogP contribution in [0.2, 0.25) is 0 Å². The van der Waals surface area contributed by atoms with Gasteiger partial charge in [-0.1, -0.05) is 35.9 Å². The lowest BCUT2D eigenvalue weighted by Gasteiger charge is -2.31. The number of morpholine rings is 1. The predicted molar refractivity (Wildman–Crippen MR) is 129 cm³/mol. The van der Waals surface area contributed by atoms with Crippen molar-refractivity contribution in [1.82, 2.24) is 15.1 Å². The van der Waals surface area contributed by atoms with Gasteiger partial charge in [0.2, 0.25) is 0 Å². The minimum Gasteiger partial charge on any atom is -0.475 e. The van der Waals surface area contributed by atoms with Gasteiger partial charge in [0, 0.05) is 37.7 Å². The van der Waals surface area contributed by atoms with Gasteiger partial charge in [-0.05, 0) is 30.2 Å². The highest BCUT2D eigenvalue weighted by Crippen LogP contribution is 2.45. The van der Waals surface area contributed by atoms with Gasteiger partial charge in [0.25, 0.3) is 5.91 Å². The molecule has 2 fully saturated rings. The molecule has 1 aromatic heterocycles. The third-order valence-electron chi connectivity index (χ3n) is 6.20. The molecule has 1 aliphatic carbocycles. The minimum atomic E-state index is -0.922. The number of hydrogen-bond acceptors (Lipinski definition) is 6. The number of hydrogen-bond donors (Lipinski definition) is 2. The fourth-order valence-corrected chi connectivity index (χ4v) is 4.13. The Morgan fingerprint density at radius 3 is 2.69 bits per heavy atom. The topological polar surface area (TPSA) is 106 Å². The summed E-state index contributed by atoms with van der Waals surface area (Å²) in [6.07, 6.45) is 4.12. The summed E-state index contributed by atoms with van der Waals surface area (Å²) >= 11 is 0. The first-order valence-corrected chi connectivity index (χ1v) is 11.7. The molecule has 0 radical (unpaired) electrons. The average molecular weight is 477 g/mol. The largest absolute Gasteiger partial charge is 0.475 e. The number of nitrogens with zero attached hydrogens (tertiary/aromatic N) is 2. The van der Waals surface area contributed by atoms with E-state index in [0.717, 1.165) is 22.3 Å². The molecule has 35 heavy (non-hydrogen) atoms. The van der Waals surface area contributed by atoms with E-state index in [1.807, 2.05) is 43.3 Å². The molecule has 1 saturated heterocycles. The quantitative estimate of drug-likeness (QED) is 0.536. The van der Waals surface area contributed by atoms with Crippen molar-refractivity contribution in [3.63, 3.8) is 0 Å². The highest BCUT2D eigenvalue weighted by molar-refractivity contribution is 5.91. The van der Waals surface area contributed by atoms with E-state index < -0.39 is 11.7 Å². The molecule has 182 valence electrons. The van der Waals surface area contributed by atoms with Crippen LogP contribution in [-0.2, 0) is 20.9 Å². The highest BCUT2D eigenvalue weighted by Gasteiger charge is 2.55. The molecule has 2 aliphatic rings. The van der Waals surface area contributed by atoms with Crippen molar-refractivity contribution in [3.8, 4) is 16.9 Å². The van der Waals surface area contributed by atoms with Crippen molar-refractivity contribution in [2.24, 2.45) is 0 Å². The number of rotatable bonds is 7. The van der Waals surface area contributed by atoms with Crippen LogP contribution < -0.4 is 10.1 Å². The monoisotopic (exact) mass is 476 g/mol. The van der Waals surface area contributed by atoms with Crippen LogP contribution in [0.4, 0.5) is 10.5 Å². The second-order valence-corrected chi connectivity index (χ2v) is 8.89. The molecule has 2 aromatic carbocycles. The summed E-state index contributed by atoms with van der Waals surface area (Å²) in [6, 6.07) is 13.2. The standard InChI is InChI=1S/C26H28N4O5/c1-18-3-2-4-19(13-18)17-34-25(32)29-22-6-5-20(21-15-27-28-16-21)14-23(22)35-26(7-8-26)24(31)30-9-11-33-12-10-30/h2-6,13-16H,7-12,17H2,1H3,(H,27,28)(H,29,32). The smallest absolute Gasteiger partial charge is 0.412 e. The Kier molecular flexibility index (Phi) is 6.41. The molecule has 3 aromatic rings. The first kappa shape index (κ1) is 22.9. The zero-order valence-electron chi connectivity index (χ0n) is 19.6. The molecule has 5 rings (SSSR count). The van der Waals surface area contributed by atoms with E-state index in [9.17, 15) is 9.59 Å². The Morgan fingerprint density at radius 1 is 1.14 bits per heavy atom. The number of aromatic amines is 1. The normalized spacial score (nSPS) is 16.4. The predicted octanol–water partition coefficient (Wildman–Crippen LogP) is 3.90.